The lowest BCUT2D eigenvalue weighted by molar-refractivity contribution is -0.385. The molecule has 2 atom stereocenters. The van der Waals surface area contributed by atoms with E-state index in [1.165, 1.54) is 12.1 Å². The lowest BCUT2D eigenvalue weighted by Crippen LogP contribution is -2.62. The number of thioether (sulfide) groups is 1. The number of carbonyl (C=O) groups excluding carboxylic acids is 1. The van der Waals surface area contributed by atoms with Gasteiger partial charge in [-0.3, -0.25) is 20.2 Å². The maximum atomic E-state index is 12.0. The molecule has 0 saturated carbocycles. The molecular formula is C20H18N4O6S. The van der Waals surface area contributed by atoms with E-state index in [9.17, 15) is 14.9 Å². The third-order valence-electron chi connectivity index (χ3n) is 5.54. The van der Waals surface area contributed by atoms with E-state index < -0.39 is 10.8 Å². The summed E-state index contributed by atoms with van der Waals surface area (Å²) in [4.78, 5) is 22.9. The Morgan fingerprint density at radius 3 is 2.74 bits per heavy atom. The minimum absolute atomic E-state index is 0.0253. The van der Waals surface area contributed by atoms with Crippen LogP contribution in [0.5, 0.6) is 17.2 Å². The molecule has 0 aliphatic carbocycles. The number of hydrogen-bond acceptors (Lipinski definition) is 9. The van der Waals surface area contributed by atoms with E-state index in [2.05, 4.69) is 5.32 Å². The molecule has 1 N–H and O–H groups in total. The molecule has 3 aliphatic rings. The Balaban J connectivity index is 1.60. The van der Waals surface area contributed by atoms with E-state index in [4.69, 9.17) is 19.3 Å². The topological polar surface area (TPSA) is 116 Å². The smallest absolute Gasteiger partial charge is 0.289 e. The van der Waals surface area contributed by atoms with Gasteiger partial charge in [0.15, 0.2) is 11.5 Å². The van der Waals surface area contributed by atoms with Gasteiger partial charge in [-0.15, -0.1) is 0 Å². The van der Waals surface area contributed by atoms with E-state index >= 15 is 0 Å². The second-order valence-electron chi connectivity index (χ2n) is 7.25. The van der Waals surface area contributed by atoms with Gasteiger partial charge in [-0.2, -0.15) is 5.10 Å². The Hall–Kier alpha value is -3.47. The Kier molecular flexibility index (Phi) is 4.43. The first kappa shape index (κ1) is 19.5. The highest BCUT2D eigenvalue weighted by molar-refractivity contribution is 8.14. The summed E-state index contributed by atoms with van der Waals surface area (Å²) in [6, 6.07) is 9.67. The lowest BCUT2D eigenvalue weighted by atomic mass is 9.95. The molecule has 0 radical (unpaired) electrons. The number of nitro groups is 1. The minimum Gasteiger partial charge on any atom is -0.493 e. The lowest BCUT2D eigenvalue weighted by Gasteiger charge is -2.44. The molecule has 160 valence electrons. The summed E-state index contributed by atoms with van der Waals surface area (Å²) in [6.45, 7) is 0. The number of benzene rings is 2. The second-order valence-corrected chi connectivity index (χ2v) is 8.20. The summed E-state index contributed by atoms with van der Waals surface area (Å²) < 4.78 is 16.9. The number of amides is 1. The zero-order valence-electron chi connectivity index (χ0n) is 16.7. The van der Waals surface area contributed by atoms with Crippen LogP contribution in [0.3, 0.4) is 0 Å². The summed E-state index contributed by atoms with van der Waals surface area (Å²) in [6.07, 6.45) is 0.481. The van der Waals surface area contributed by atoms with Crippen molar-refractivity contribution >= 4 is 28.4 Å². The van der Waals surface area contributed by atoms with Crippen molar-refractivity contribution < 1.29 is 23.9 Å². The zero-order chi connectivity index (χ0) is 21.8. The van der Waals surface area contributed by atoms with Crippen molar-refractivity contribution in [3.8, 4) is 17.2 Å². The van der Waals surface area contributed by atoms with Crippen LogP contribution in [0.2, 0.25) is 0 Å². The van der Waals surface area contributed by atoms with Crippen LogP contribution >= 0.6 is 11.8 Å². The number of nitrogens with zero attached hydrogens (tertiary/aromatic N) is 3. The van der Waals surface area contributed by atoms with Crippen molar-refractivity contribution in [1.29, 1.82) is 0 Å². The van der Waals surface area contributed by atoms with Gasteiger partial charge in [-0.1, -0.05) is 11.8 Å². The number of nitro benzene ring substituents is 1. The predicted molar refractivity (Wildman–Crippen MR) is 113 cm³/mol. The fourth-order valence-electron chi connectivity index (χ4n) is 4.08. The molecule has 31 heavy (non-hydrogen) atoms. The number of non-ortho nitro benzene ring substituents is 1. The molecule has 0 aromatic heterocycles. The van der Waals surface area contributed by atoms with Crippen LogP contribution in [-0.2, 0) is 0 Å². The van der Waals surface area contributed by atoms with E-state index in [1.807, 2.05) is 12.1 Å². The molecule has 2 unspecified atom stereocenters. The molecule has 2 aromatic rings. The first-order chi connectivity index (χ1) is 14.9. The monoisotopic (exact) mass is 442 g/mol. The van der Waals surface area contributed by atoms with Crippen molar-refractivity contribution in [3.63, 3.8) is 0 Å². The van der Waals surface area contributed by atoms with E-state index in [1.54, 1.807) is 31.4 Å². The van der Waals surface area contributed by atoms with Gasteiger partial charge in [0.1, 0.15) is 5.75 Å². The van der Waals surface area contributed by atoms with Crippen LogP contribution in [0, 0.1) is 10.1 Å². The van der Waals surface area contributed by atoms with Gasteiger partial charge in [0.2, 0.25) is 0 Å². The fraction of sp³-hybridized carbons (Fsp3) is 0.300. The van der Waals surface area contributed by atoms with Crippen LogP contribution < -0.4 is 19.5 Å². The van der Waals surface area contributed by atoms with Crippen molar-refractivity contribution in [2.75, 3.05) is 20.0 Å². The molecule has 1 spiro atoms. The number of methoxy groups -OCH3 is 2. The summed E-state index contributed by atoms with van der Waals surface area (Å²) >= 11 is 1.11. The first-order valence-corrected chi connectivity index (χ1v) is 10.4. The van der Waals surface area contributed by atoms with E-state index in [-0.39, 0.29) is 17.0 Å². The number of fused-ring (bicyclic) bond motifs is 4. The fourth-order valence-corrected chi connectivity index (χ4v) is 4.90. The molecule has 2 aromatic carbocycles. The summed E-state index contributed by atoms with van der Waals surface area (Å²) in [7, 11) is 3.13. The van der Waals surface area contributed by atoms with Gasteiger partial charge in [0.25, 0.3) is 16.8 Å². The van der Waals surface area contributed by atoms with Crippen LogP contribution in [0.1, 0.15) is 23.6 Å². The van der Waals surface area contributed by atoms with Gasteiger partial charge in [0.05, 0.1) is 36.6 Å². The minimum atomic E-state index is -1.14. The SMILES string of the molecule is COc1ccc(C2=NN3C(C2)c2cc([N+](=O)[O-])ccc2OC32CSC(=O)N2)cc1OC. The summed E-state index contributed by atoms with van der Waals surface area (Å²) in [5, 5.41) is 20.5. The first-order valence-electron chi connectivity index (χ1n) is 9.45. The third-order valence-corrected chi connectivity index (χ3v) is 6.44. The molecule has 1 fully saturated rings. The summed E-state index contributed by atoms with van der Waals surface area (Å²) in [5.74, 6) is 0.857. The van der Waals surface area contributed by atoms with Crippen molar-refractivity contribution in [2.45, 2.75) is 18.3 Å². The van der Waals surface area contributed by atoms with Crippen molar-refractivity contribution in [3.05, 3.63) is 57.6 Å². The number of ether oxygens (including phenoxy) is 3. The van der Waals surface area contributed by atoms with Crippen LogP contribution in [0.15, 0.2) is 41.5 Å². The highest BCUT2D eigenvalue weighted by Gasteiger charge is 2.55. The normalized spacial score (nSPS) is 23.5. The highest BCUT2D eigenvalue weighted by atomic mass is 32.2. The third kappa shape index (κ3) is 3.03. The Labute approximate surface area is 181 Å². The van der Waals surface area contributed by atoms with Crippen molar-refractivity contribution in [2.24, 2.45) is 5.10 Å². The van der Waals surface area contributed by atoms with E-state index in [0.29, 0.717) is 35.0 Å². The van der Waals surface area contributed by atoms with Crippen LogP contribution in [-0.4, -0.2) is 46.7 Å². The average Bonchev–Trinajstić information content (AvgIpc) is 3.38. The zero-order valence-corrected chi connectivity index (χ0v) is 17.5. The molecule has 1 amide bonds. The Bertz CT molecular complexity index is 1140. The molecular weight excluding hydrogens is 424 g/mol. The number of nitrogens with one attached hydrogen (secondary N) is 1. The molecule has 11 heteroatoms. The Morgan fingerprint density at radius 2 is 2.06 bits per heavy atom. The van der Waals surface area contributed by atoms with E-state index in [0.717, 1.165) is 23.0 Å². The Morgan fingerprint density at radius 1 is 1.26 bits per heavy atom. The highest BCUT2D eigenvalue weighted by Crippen LogP contribution is 2.49. The molecule has 3 aliphatic heterocycles. The second kappa shape index (κ2) is 7.05. The predicted octanol–water partition coefficient (Wildman–Crippen LogP) is 3.27. The van der Waals surface area contributed by atoms with Crippen molar-refractivity contribution in [1.82, 2.24) is 10.3 Å². The maximum absolute atomic E-state index is 12.0. The van der Waals surface area contributed by atoms with Crippen LogP contribution in [0.25, 0.3) is 0 Å². The van der Waals surface area contributed by atoms with Gasteiger partial charge < -0.3 is 14.2 Å². The van der Waals surface area contributed by atoms with Gasteiger partial charge >= 0.3 is 0 Å². The number of carbonyl (C=O) groups is 1. The number of hydrogen-bond donors (Lipinski definition) is 1. The molecule has 3 heterocycles. The molecule has 5 rings (SSSR count). The standard InChI is InChI=1S/C20H18N4O6S/c1-28-17-5-3-11(7-18(17)29-2)14-9-15-13-8-12(24(26)27)4-6-16(13)30-20(23(15)22-14)10-31-19(25)21-20/h3-8,15H,9-10H2,1-2H3,(H,21,25). The summed E-state index contributed by atoms with van der Waals surface area (Å²) in [5.41, 5.74) is 2.21. The maximum Gasteiger partial charge on any atom is 0.289 e. The average molecular weight is 442 g/mol. The molecule has 10 nitrogen and oxygen atoms in total. The number of hydrazone groups is 1. The molecule has 1 saturated heterocycles. The van der Waals surface area contributed by atoms with Crippen LogP contribution in [0.4, 0.5) is 10.5 Å². The van der Waals surface area contributed by atoms with Gasteiger partial charge in [0, 0.05) is 29.7 Å². The van der Waals surface area contributed by atoms with Gasteiger partial charge in [-0.25, -0.2) is 5.01 Å². The number of rotatable bonds is 4. The quantitative estimate of drug-likeness (QED) is 0.567. The van der Waals surface area contributed by atoms with Gasteiger partial charge in [-0.05, 0) is 24.3 Å². The molecule has 0 bridgehead atoms. The largest absolute Gasteiger partial charge is 0.493 e.